The Morgan fingerprint density at radius 3 is 2.78 bits per heavy atom. The summed E-state index contributed by atoms with van der Waals surface area (Å²) in [7, 11) is 0. The zero-order valence-electron chi connectivity index (χ0n) is 12.6. The average molecular weight is 333 g/mol. The van der Waals surface area contributed by atoms with Crippen molar-refractivity contribution in [3.63, 3.8) is 0 Å². The largest absolute Gasteiger partial charge is 0.435 e. The zero-order chi connectivity index (χ0) is 16.7. The van der Waals surface area contributed by atoms with Gasteiger partial charge in [-0.25, -0.2) is 0 Å². The smallest absolute Gasteiger partial charge is 0.350 e. The van der Waals surface area contributed by atoms with Crippen molar-refractivity contribution in [2.24, 2.45) is 5.92 Å². The van der Waals surface area contributed by atoms with Gasteiger partial charge in [-0.2, -0.15) is 18.3 Å². The standard InChI is InChI=1S/C14H18F3N3O3/c1-13(22-4-5-23-13)7-18-12(21)8-2-3-10-9(6-8)11(20-19-10)14(15,16)17/h8H,2-7H2,1H3,(H,18,21)(H,19,20). The van der Waals surface area contributed by atoms with Crippen molar-refractivity contribution >= 4 is 5.91 Å². The quantitative estimate of drug-likeness (QED) is 0.877. The fourth-order valence-corrected chi connectivity index (χ4v) is 3.00. The minimum Gasteiger partial charge on any atom is -0.350 e. The van der Waals surface area contributed by atoms with Crippen LogP contribution in [0.15, 0.2) is 0 Å². The molecule has 0 saturated carbocycles. The Morgan fingerprint density at radius 1 is 1.43 bits per heavy atom. The van der Waals surface area contributed by atoms with Gasteiger partial charge in [0.1, 0.15) is 0 Å². The third-order valence-corrected chi connectivity index (χ3v) is 4.27. The highest BCUT2D eigenvalue weighted by Gasteiger charge is 2.40. The van der Waals surface area contributed by atoms with Gasteiger partial charge in [0.2, 0.25) is 5.91 Å². The van der Waals surface area contributed by atoms with Crippen LogP contribution in [0.1, 0.15) is 30.3 Å². The summed E-state index contributed by atoms with van der Waals surface area (Å²) in [6, 6.07) is 0. The summed E-state index contributed by atoms with van der Waals surface area (Å²) >= 11 is 0. The number of carbonyl (C=O) groups is 1. The number of hydrogen-bond donors (Lipinski definition) is 2. The first kappa shape index (κ1) is 16.3. The number of aryl methyl sites for hydroxylation is 1. The van der Waals surface area contributed by atoms with E-state index in [1.165, 1.54) is 0 Å². The van der Waals surface area contributed by atoms with E-state index in [9.17, 15) is 18.0 Å². The molecule has 1 atom stereocenters. The molecule has 6 nitrogen and oxygen atoms in total. The van der Waals surface area contributed by atoms with Crippen molar-refractivity contribution in [2.75, 3.05) is 19.8 Å². The Morgan fingerprint density at radius 2 is 2.13 bits per heavy atom. The Kier molecular flexibility index (Phi) is 4.09. The fourth-order valence-electron chi connectivity index (χ4n) is 3.00. The van der Waals surface area contributed by atoms with E-state index in [1.807, 2.05) is 0 Å². The van der Waals surface area contributed by atoms with Gasteiger partial charge in [-0.1, -0.05) is 0 Å². The van der Waals surface area contributed by atoms with E-state index < -0.39 is 23.6 Å². The monoisotopic (exact) mass is 333 g/mol. The van der Waals surface area contributed by atoms with Crippen molar-refractivity contribution < 1.29 is 27.4 Å². The van der Waals surface area contributed by atoms with Gasteiger partial charge < -0.3 is 14.8 Å². The van der Waals surface area contributed by atoms with Crippen LogP contribution < -0.4 is 5.32 Å². The first-order valence-electron chi connectivity index (χ1n) is 7.47. The number of H-pyrrole nitrogens is 1. The number of ether oxygens (including phenoxy) is 2. The molecule has 23 heavy (non-hydrogen) atoms. The second-order valence-corrected chi connectivity index (χ2v) is 6.02. The van der Waals surface area contributed by atoms with Crippen LogP contribution in [-0.4, -0.2) is 41.7 Å². The summed E-state index contributed by atoms with van der Waals surface area (Å²) in [5, 5.41) is 8.51. The number of aromatic amines is 1. The summed E-state index contributed by atoms with van der Waals surface area (Å²) in [6.07, 6.45) is -3.62. The lowest BCUT2D eigenvalue weighted by atomic mass is 9.85. The molecule has 1 aliphatic carbocycles. The van der Waals surface area contributed by atoms with Crippen LogP contribution in [0.3, 0.4) is 0 Å². The van der Waals surface area contributed by atoms with E-state index in [-0.39, 0.29) is 24.4 Å². The molecule has 0 bridgehead atoms. The number of aromatic nitrogens is 2. The lowest BCUT2D eigenvalue weighted by Gasteiger charge is -2.26. The van der Waals surface area contributed by atoms with Crippen molar-refractivity contribution in [3.8, 4) is 0 Å². The lowest BCUT2D eigenvalue weighted by Crippen LogP contribution is -2.44. The molecule has 1 aromatic rings. The van der Waals surface area contributed by atoms with E-state index in [2.05, 4.69) is 15.5 Å². The summed E-state index contributed by atoms with van der Waals surface area (Å²) in [5.74, 6) is -1.65. The van der Waals surface area contributed by atoms with E-state index in [0.717, 1.165) is 0 Å². The molecular formula is C14H18F3N3O3. The molecule has 0 spiro atoms. The second-order valence-electron chi connectivity index (χ2n) is 6.02. The Bertz CT molecular complexity index is 594. The predicted molar refractivity (Wildman–Crippen MR) is 72.4 cm³/mol. The van der Waals surface area contributed by atoms with E-state index in [1.54, 1.807) is 6.92 Å². The van der Waals surface area contributed by atoms with Crippen molar-refractivity contribution in [1.82, 2.24) is 15.5 Å². The Balaban J connectivity index is 1.64. The fraction of sp³-hybridized carbons (Fsp3) is 0.714. The topological polar surface area (TPSA) is 76.2 Å². The Labute approximate surface area is 130 Å². The molecule has 1 unspecified atom stereocenters. The maximum Gasteiger partial charge on any atom is 0.435 e. The van der Waals surface area contributed by atoms with E-state index in [4.69, 9.17) is 9.47 Å². The van der Waals surface area contributed by atoms with Gasteiger partial charge in [-0.15, -0.1) is 0 Å². The molecule has 1 saturated heterocycles. The summed E-state index contributed by atoms with van der Waals surface area (Å²) in [4.78, 5) is 12.3. The molecule has 128 valence electrons. The molecule has 0 radical (unpaired) electrons. The molecule has 0 aromatic carbocycles. The number of alkyl halides is 3. The van der Waals surface area contributed by atoms with E-state index in [0.29, 0.717) is 31.7 Å². The molecule has 9 heteroatoms. The van der Waals surface area contributed by atoms with Gasteiger partial charge in [0.15, 0.2) is 11.5 Å². The highest BCUT2D eigenvalue weighted by Crippen LogP contribution is 2.36. The van der Waals surface area contributed by atoms with Gasteiger partial charge in [0, 0.05) is 17.2 Å². The average Bonchev–Trinajstić information content (AvgIpc) is 3.10. The first-order chi connectivity index (χ1) is 10.8. The third-order valence-electron chi connectivity index (χ3n) is 4.27. The van der Waals surface area contributed by atoms with Crippen molar-refractivity contribution in [2.45, 2.75) is 38.1 Å². The van der Waals surface area contributed by atoms with Gasteiger partial charge >= 0.3 is 6.18 Å². The molecule has 1 aliphatic heterocycles. The highest BCUT2D eigenvalue weighted by atomic mass is 19.4. The van der Waals surface area contributed by atoms with Gasteiger partial charge in [-0.3, -0.25) is 9.89 Å². The van der Waals surface area contributed by atoms with Crippen molar-refractivity contribution in [3.05, 3.63) is 17.0 Å². The Hall–Kier alpha value is -1.61. The number of amides is 1. The normalized spacial score (nSPS) is 23.6. The molecule has 1 fully saturated rings. The number of carbonyl (C=O) groups excluding carboxylic acids is 1. The van der Waals surface area contributed by atoms with Gasteiger partial charge in [0.05, 0.1) is 19.8 Å². The molecule has 1 aromatic heterocycles. The van der Waals surface area contributed by atoms with Crippen LogP contribution in [0.5, 0.6) is 0 Å². The maximum atomic E-state index is 12.9. The van der Waals surface area contributed by atoms with Crippen LogP contribution in [0.2, 0.25) is 0 Å². The summed E-state index contributed by atoms with van der Waals surface area (Å²) in [5.41, 5.74) is -0.348. The predicted octanol–water partition coefficient (Wildman–Crippen LogP) is 1.41. The zero-order valence-corrected chi connectivity index (χ0v) is 12.6. The van der Waals surface area contributed by atoms with Crippen LogP contribution >= 0.6 is 0 Å². The molecule has 2 aliphatic rings. The van der Waals surface area contributed by atoms with Crippen LogP contribution in [0.25, 0.3) is 0 Å². The number of halogens is 3. The molecule has 3 rings (SSSR count). The second kappa shape index (κ2) is 5.79. The third kappa shape index (κ3) is 3.35. The van der Waals surface area contributed by atoms with Gasteiger partial charge in [0.25, 0.3) is 0 Å². The minimum absolute atomic E-state index is 0.0327. The number of nitrogens with one attached hydrogen (secondary N) is 2. The number of rotatable bonds is 3. The molecule has 2 N–H and O–H groups in total. The van der Waals surface area contributed by atoms with E-state index >= 15 is 0 Å². The van der Waals surface area contributed by atoms with Crippen LogP contribution in [0.4, 0.5) is 13.2 Å². The molecule has 1 amide bonds. The number of fused-ring (bicyclic) bond motifs is 1. The van der Waals surface area contributed by atoms with Gasteiger partial charge in [-0.05, 0) is 26.2 Å². The molecule has 2 heterocycles. The number of hydrogen-bond acceptors (Lipinski definition) is 4. The highest BCUT2D eigenvalue weighted by molar-refractivity contribution is 5.79. The lowest BCUT2D eigenvalue weighted by molar-refractivity contribution is -0.147. The van der Waals surface area contributed by atoms with Crippen LogP contribution in [-0.2, 0) is 33.3 Å². The maximum absolute atomic E-state index is 12.9. The first-order valence-corrected chi connectivity index (χ1v) is 7.47. The summed E-state index contributed by atoms with van der Waals surface area (Å²) < 4.78 is 49.5. The SMILES string of the molecule is CC1(CNC(=O)C2CCc3[nH]nc(C(F)(F)F)c3C2)OCCO1. The number of nitrogens with zero attached hydrogens (tertiary/aromatic N) is 1. The summed E-state index contributed by atoms with van der Waals surface area (Å²) in [6.45, 7) is 2.82. The van der Waals surface area contributed by atoms with Crippen molar-refractivity contribution in [1.29, 1.82) is 0 Å². The molecular weight excluding hydrogens is 315 g/mol. The van der Waals surface area contributed by atoms with Crippen LogP contribution in [0, 0.1) is 5.92 Å². The minimum atomic E-state index is -4.51.